The van der Waals surface area contributed by atoms with E-state index in [-0.39, 0.29) is 22.6 Å². The summed E-state index contributed by atoms with van der Waals surface area (Å²) in [5.41, 5.74) is 6.12. The summed E-state index contributed by atoms with van der Waals surface area (Å²) in [4.78, 5) is 32.8. The Bertz CT molecular complexity index is 1620. The zero-order valence-electron chi connectivity index (χ0n) is 21.9. The van der Waals surface area contributed by atoms with Crippen molar-refractivity contribution in [2.75, 3.05) is 11.1 Å². The first-order valence-corrected chi connectivity index (χ1v) is 14.8. The molecule has 0 atom stereocenters. The van der Waals surface area contributed by atoms with E-state index in [1.54, 1.807) is 28.8 Å². The molecule has 0 radical (unpaired) electrons. The molecule has 1 N–H and O–H groups in total. The summed E-state index contributed by atoms with van der Waals surface area (Å²) in [5.74, 6) is -0.0779. The quantitative estimate of drug-likeness (QED) is 0.206. The number of hydrogen-bond donors (Lipinski definition) is 1. The van der Waals surface area contributed by atoms with Gasteiger partial charge in [0.25, 0.3) is 5.56 Å². The number of hydrogen-bond acceptors (Lipinski definition) is 4. The van der Waals surface area contributed by atoms with E-state index in [1.165, 1.54) is 23.7 Å². The number of thioether (sulfide) groups is 1. The minimum absolute atomic E-state index is 0.0107. The lowest BCUT2D eigenvalue weighted by molar-refractivity contribution is -0.113. The third kappa shape index (κ3) is 4.92. The van der Waals surface area contributed by atoms with Crippen LogP contribution in [0.2, 0.25) is 5.02 Å². The molecule has 198 valence electrons. The molecule has 4 aromatic rings. The third-order valence-electron chi connectivity index (χ3n) is 7.99. The number of nitrogens with zero attached hydrogens (tertiary/aromatic N) is 2. The van der Waals surface area contributed by atoms with Crippen LogP contribution in [0.25, 0.3) is 16.9 Å². The Labute approximate surface area is 237 Å². The molecule has 0 unspecified atom stereocenters. The fourth-order valence-electron chi connectivity index (χ4n) is 6.21. The maximum Gasteiger partial charge on any atom is 0.263 e. The van der Waals surface area contributed by atoms with Crippen LogP contribution in [0.3, 0.4) is 0 Å². The number of aromatic nitrogens is 2. The van der Waals surface area contributed by atoms with Gasteiger partial charge in [0.15, 0.2) is 5.16 Å². The highest BCUT2D eigenvalue weighted by Gasteiger charge is 2.43. The van der Waals surface area contributed by atoms with Gasteiger partial charge < -0.3 is 5.32 Å². The summed E-state index contributed by atoms with van der Waals surface area (Å²) < 4.78 is 1.75. The van der Waals surface area contributed by atoms with Gasteiger partial charge in [-0.3, -0.25) is 14.2 Å². The van der Waals surface area contributed by atoms with Crippen molar-refractivity contribution in [2.24, 2.45) is 0 Å². The Morgan fingerprint density at radius 2 is 1.79 bits per heavy atom. The summed E-state index contributed by atoms with van der Waals surface area (Å²) in [6.07, 6.45) is 6.29. The molecule has 0 bridgehead atoms. The monoisotopic (exact) mass is 555 g/mol. The Hall–Kier alpha value is -3.35. The van der Waals surface area contributed by atoms with Crippen LogP contribution in [0.1, 0.15) is 48.8 Å². The third-order valence-corrected chi connectivity index (χ3v) is 9.17. The maximum absolute atomic E-state index is 14.6. The summed E-state index contributed by atoms with van der Waals surface area (Å²) in [6.45, 7) is 2.01. The van der Waals surface area contributed by atoms with Crippen molar-refractivity contribution >= 4 is 35.0 Å². The molecule has 2 aliphatic carbocycles. The SMILES string of the molecule is Cc1ccccc1-n1c(SCC(=O)Nc2cccc(Cl)c2)nc2c(c1=O)C1(CCCCC1)Cc1ccccc1-2. The van der Waals surface area contributed by atoms with Gasteiger partial charge in [-0.25, -0.2) is 4.98 Å². The molecule has 2 aliphatic rings. The highest BCUT2D eigenvalue weighted by Crippen LogP contribution is 2.49. The van der Waals surface area contributed by atoms with Crippen LogP contribution >= 0.6 is 23.4 Å². The van der Waals surface area contributed by atoms with Gasteiger partial charge in [0, 0.05) is 21.7 Å². The molecular weight excluding hydrogens is 526 g/mol. The largest absolute Gasteiger partial charge is 0.325 e. The molecule has 1 aromatic heterocycles. The highest BCUT2D eigenvalue weighted by molar-refractivity contribution is 7.99. The topological polar surface area (TPSA) is 64.0 Å². The van der Waals surface area contributed by atoms with E-state index in [2.05, 4.69) is 23.5 Å². The Morgan fingerprint density at radius 3 is 2.59 bits per heavy atom. The zero-order chi connectivity index (χ0) is 27.0. The van der Waals surface area contributed by atoms with Crippen LogP contribution in [-0.2, 0) is 16.6 Å². The average Bonchev–Trinajstić information content (AvgIpc) is 2.93. The van der Waals surface area contributed by atoms with Gasteiger partial charge in [0.05, 0.1) is 22.7 Å². The number of nitrogens with one attached hydrogen (secondary N) is 1. The number of para-hydroxylation sites is 1. The smallest absolute Gasteiger partial charge is 0.263 e. The minimum atomic E-state index is -0.205. The molecule has 1 spiro atoms. The zero-order valence-corrected chi connectivity index (χ0v) is 23.4. The fraction of sp³-hybridized carbons (Fsp3) is 0.281. The number of fused-ring (bicyclic) bond motifs is 4. The predicted octanol–water partition coefficient (Wildman–Crippen LogP) is 7.35. The number of halogens is 1. The van der Waals surface area contributed by atoms with Gasteiger partial charge in [-0.15, -0.1) is 0 Å². The first-order chi connectivity index (χ1) is 18.9. The van der Waals surface area contributed by atoms with E-state index in [1.807, 2.05) is 37.3 Å². The van der Waals surface area contributed by atoms with Crippen LogP contribution in [0.15, 0.2) is 82.7 Å². The van der Waals surface area contributed by atoms with Gasteiger partial charge in [-0.05, 0) is 61.6 Å². The first kappa shape index (κ1) is 25.9. The normalized spacial score (nSPS) is 15.4. The van der Waals surface area contributed by atoms with Gasteiger partial charge >= 0.3 is 0 Å². The lowest BCUT2D eigenvalue weighted by Gasteiger charge is -2.42. The Kier molecular flexibility index (Phi) is 7.08. The molecule has 39 heavy (non-hydrogen) atoms. The van der Waals surface area contributed by atoms with E-state index < -0.39 is 0 Å². The maximum atomic E-state index is 14.6. The van der Waals surface area contributed by atoms with E-state index in [0.29, 0.717) is 15.9 Å². The summed E-state index contributed by atoms with van der Waals surface area (Å²) in [6, 6.07) is 23.3. The molecule has 3 aromatic carbocycles. The molecule has 1 amide bonds. The number of benzene rings is 3. The van der Waals surface area contributed by atoms with Crippen molar-refractivity contribution in [3.63, 3.8) is 0 Å². The van der Waals surface area contributed by atoms with Crippen LogP contribution in [0.5, 0.6) is 0 Å². The number of amides is 1. The van der Waals surface area contributed by atoms with Gasteiger partial charge in [-0.2, -0.15) is 0 Å². The van der Waals surface area contributed by atoms with E-state index >= 15 is 0 Å². The number of anilines is 1. The molecule has 6 rings (SSSR count). The van der Waals surface area contributed by atoms with Crippen molar-refractivity contribution in [2.45, 2.75) is 56.0 Å². The predicted molar refractivity (Wildman–Crippen MR) is 159 cm³/mol. The minimum Gasteiger partial charge on any atom is -0.325 e. The second-order valence-corrected chi connectivity index (χ2v) is 11.9. The van der Waals surface area contributed by atoms with E-state index in [4.69, 9.17) is 16.6 Å². The number of aryl methyl sites for hydroxylation is 1. The van der Waals surface area contributed by atoms with E-state index in [0.717, 1.165) is 60.2 Å². The summed E-state index contributed by atoms with van der Waals surface area (Å²) in [5, 5.41) is 3.98. The number of carbonyl (C=O) groups is 1. The second kappa shape index (κ2) is 10.7. The van der Waals surface area contributed by atoms with Crippen LogP contribution < -0.4 is 10.9 Å². The van der Waals surface area contributed by atoms with Crippen molar-refractivity contribution in [3.8, 4) is 16.9 Å². The molecule has 1 fully saturated rings. The van der Waals surface area contributed by atoms with Crippen LogP contribution in [0, 0.1) is 6.92 Å². The summed E-state index contributed by atoms with van der Waals surface area (Å²) >= 11 is 7.37. The fourth-order valence-corrected chi connectivity index (χ4v) is 7.19. The van der Waals surface area contributed by atoms with Crippen molar-refractivity contribution in [1.82, 2.24) is 9.55 Å². The lowest BCUT2D eigenvalue weighted by atomic mass is 9.62. The van der Waals surface area contributed by atoms with Crippen LogP contribution in [0.4, 0.5) is 5.69 Å². The first-order valence-electron chi connectivity index (χ1n) is 13.5. The standard InChI is InChI=1S/C32H30ClN3O2S/c1-21-10-3-6-15-26(21)36-30(38)28-29(25-14-5-4-11-22(25)19-32(28)16-7-2-8-17-32)35-31(36)39-20-27(37)34-24-13-9-12-23(33)18-24/h3-6,9-15,18H,2,7-8,16-17,19-20H2,1H3,(H,34,37). The lowest BCUT2D eigenvalue weighted by Crippen LogP contribution is -2.43. The highest BCUT2D eigenvalue weighted by atomic mass is 35.5. The van der Waals surface area contributed by atoms with Gasteiger partial charge in [0.1, 0.15) is 0 Å². The molecule has 1 saturated carbocycles. The molecule has 0 saturated heterocycles. The molecule has 5 nitrogen and oxygen atoms in total. The Morgan fingerprint density at radius 1 is 1.03 bits per heavy atom. The average molecular weight is 556 g/mol. The van der Waals surface area contributed by atoms with Crippen molar-refractivity contribution in [1.29, 1.82) is 0 Å². The molecular formula is C32H30ClN3O2S. The van der Waals surface area contributed by atoms with Crippen LogP contribution in [-0.4, -0.2) is 21.2 Å². The van der Waals surface area contributed by atoms with Gasteiger partial charge in [-0.1, -0.05) is 91.2 Å². The van der Waals surface area contributed by atoms with Crippen molar-refractivity contribution < 1.29 is 4.79 Å². The molecule has 0 aliphatic heterocycles. The number of carbonyl (C=O) groups excluding carboxylic acids is 1. The number of rotatable bonds is 5. The second-order valence-electron chi connectivity index (χ2n) is 10.6. The molecule has 7 heteroatoms. The Balaban J connectivity index is 1.48. The van der Waals surface area contributed by atoms with Crippen molar-refractivity contribution in [3.05, 3.63) is 105 Å². The molecule has 1 heterocycles. The van der Waals surface area contributed by atoms with E-state index in [9.17, 15) is 9.59 Å². The van der Waals surface area contributed by atoms with Gasteiger partial charge in [0.2, 0.25) is 5.91 Å². The summed E-state index contributed by atoms with van der Waals surface area (Å²) in [7, 11) is 0.